The van der Waals surface area contributed by atoms with Crippen LogP contribution in [0.4, 0.5) is 0 Å². The van der Waals surface area contributed by atoms with Crippen molar-refractivity contribution in [2.45, 2.75) is 19.4 Å². The highest BCUT2D eigenvalue weighted by atomic mass is 35.5. The van der Waals surface area contributed by atoms with Gasteiger partial charge in [0.1, 0.15) is 23.3 Å². The molecule has 1 aliphatic rings. The molecule has 0 aliphatic carbocycles. The Labute approximate surface area is 190 Å². The van der Waals surface area contributed by atoms with Crippen LogP contribution in [0.25, 0.3) is 0 Å². The molecule has 3 aromatic rings. The number of hydrogen-bond donors (Lipinski definition) is 0. The predicted octanol–water partition coefficient (Wildman–Crippen LogP) is 4.90. The highest BCUT2D eigenvalue weighted by molar-refractivity contribution is 6.30. The summed E-state index contributed by atoms with van der Waals surface area (Å²) in [5.74, 6) is 0.912. The summed E-state index contributed by atoms with van der Waals surface area (Å²) in [6, 6.07) is 15.3. The number of ether oxygens (including phenoxy) is 2. The van der Waals surface area contributed by atoms with Gasteiger partial charge < -0.3 is 13.9 Å². The zero-order valence-electron chi connectivity index (χ0n) is 17.6. The Morgan fingerprint density at radius 3 is 2.62 bits per heavy atom. The molecular formula is C24H21ClN2O5. The molecule has 0 spiro atoms. The Morgan fingerprint density at radius 1 is 1.19 bits per heavy atom. The number of Topliss-reactive ketones (excluding diaryl/α,β-unsaturated/α-hetero) is 1. The molecule has 1 atom stereocenters. The van der Waals surface area contributed by atoms with Gasteiger partial charge in [-0.1, -0.05) is 23.7 Å². The molecule has 32 heavy (non-hydrogen) atoms. The molecule has 164 valence electrons. The normalized spacial score (nSPS) is 15.4. The van der Waals surface area contributed by atoms with E-state index in [9.17, 15) is 9.59 Å². The first-order valence-corrected chi connectivity index (χ1v) is 10.3. The second kappa shape index (κ2) is 9.28. The summed E-state index contributed by atoms with van der Waals surface area (Å²) >= 11 is 5.99. The number of amides is 1. The average Bonchev–Trinajstić information content (AvgIpc) is 3.48. The Hall–Kier alpha value is -3.58. The zero-order chi connectivity index (χ0) is 22.7. The van der Waals surface area contributed by atoms with Crippen LogP contribution in [0.2, 0.25) is 5.02 Å². The van der Waals surface area contributed by atoms with Gasteiger partial charge in [-0.05, 0) is 55.0 Å². The van der Waals surface area contributed by atoms with E-state index in [1.807, 2.05) is 18.2 Å². The third-order valence-corrected chi connectivity index (χ3v) is 5.38. The first-order chi connectivity index (χ1) is 15.5. The van der Waals surface area contributed by atoms with Gasteiger partial charge in [0.15, 0.2) is 12.4 Å². The number of hydrogen-bond acceptors (Lipinski definition) is 6. The number of benzene rings is 2. The Balaban J connectivity index is 1.56. The smallest absolute Gasteiger partial charge is 0.281 e. The van der Waals surface area contributed by atoms with Crippen molar-refractivity contribution >= 4 is 29.0 Å². The molecule has 0 fully saturated rings. The highest BCUT2D eigenvalue weighted by Gasteiger charge is 2.35. The van der Waals surface area contributed by atoms with Gasteiger partial charge in [-0.2, -0.15) is 5.10 Å². The Bertz CT molecular complexity index is 1160. The summed E-state index contributed by atoms with van der Waals surface area (Å²) < 4.78 is 16.4. The Kier molecular flexibility index (Phi) is 6.28. The molecule has 0 saturated carbocycles. The van der Waals surface area contributed by atoms with Gasteiger partial charge in [0.2, 0.25) is 0 Å². The third kappa shape index (κ3) is 4.53. The molecule has 0 N–H and O–H groups in total. The van der Waals surface area contributed by atoms with Gasteiger partial charge in [0.05, 0.1) is 24.6 Å². The molecule has 4 rings (SSSR count). The molecule has 1 aliphatic heterocycles. The number of hydrazone groups is 1. The number of carbonyl (C=O) groups is 2. The van der Waals surface area contributed by atoms with Crippen molar-refractivity contribution in [1.29, 1.82) is 0 Å². The van der Waals surface area contributed by atoms with Crippen molar-refractivity contribution in [3.05, 3.63) is 82.8 Å². The molecule has 2 aromatic carbocycles. The summed E-state index contributed by atoms with van der Waals surface area (Å²) in [6.45, 7) is 1.14. The van der Waals surface area contributed by atoms with Crippen LogP contribution in [-0.2, 0) is 4.79 Å². The molecular weight excluding hydrogens is 432 g/mol. The SMILES string of the molecule is COc1ccc(OCC(=O)N2N=C(c3ccc(Cl)cc3)CC2c2ccco2)c(C(C)=O)c1. The fraction of sp³-hybridized carbons (Fsp3) is 0.208. The lowest BCUT2D eigenvalue weighted by Crippen LogP contribution is -2.31. The van der Waals surface area contributed by atoms with Gasteiger partial charge in [-0.25, -0.2) is 5.01 Å². The van der Waals surface area contributed by atoms with Crippen molar-refractivity contribution < 1.29 is 23.5 Å². The van der Waals surface area contributed by atoms with Gasteiger partial charge in [-0.3, -0.25) is 9.59 Å². The number of nitrogens with zero attached hydrogens (tertiary/aromatic N) is 2. The minimum Gasteiger partial charge on any atom is -0.497 e. The maximum Gasteiger partial charge on any atom is 0.281 e. The van der Waals surface area contributed by atoms with Crippen LogP contribution in [-0.4, -0.2) is 36.1 Å². The van der Waals surface area contributed by atoms with E-state index in [1.165, 1.54) is 19.0 Å². The van der Waals surface area contributed by atoms with Crippen molar-refractivity contribution in [2.24, 2.45) is 5.10 Å². The molecule has 2 heterocycles. The fourth-order valence-corrected chi connectivity index (χ4v) is 3.63. The topological polar surface area (TPSA) is 81.3 Å². The third-order valence-electron chi connectivity index (χ3n) is 5.13. The first-order valence-electron chi connectivity index (χ1n) is 9.97. The number of halogens is 1. The standard InChI is InChI=1S/C24H21ClN2O5/c1-15(28)19-12-18(30-2)9-10-22(19)32-14-24(29)27-21(23-4-3-11-31-23)13-20(26-27)16-5-7-17(25)8-6-16/h3-12,21H,13-14H2,1-2H3. The number of carbonyl (C=O) groups excluding carboxylic acids is 2. The number of methoxy groups -OCH3 is 1. The second-order valence-electron chi connectivity index (χ2n) is 7.23. The van der Waals surface area contributed by atoms with Crippen LogP contribution >= 0.6 is 11.6 Å². The molecule has 0 radical (unpaired) electrons. The van der Waals surface area contributed by atoms with E-state index < -0.39 is 6.04 Å². The summed E-state index contributed by atoms with van der Waals surface area (Å²) in [6.07, 6.45) is 2.05. The van der Waals surface area contributed by atoms with Crippen LogP contribution in [0.15, 0.2) is 70.4 Å². The Morgan fingerprint density at radius 2 is 1.97 bits per heavy atom. The van der Waals surface area contributed by atoms with Crippen LogP contribution in [0.5, 0.6) is 11.5 Å². The van der Waals surface area contributed by atoms with Crippen LogP contribution in [0, 0.1) is 0 Å². The molecule has 0 bridgehead atoms. The second-order valence-corrected chi connectivity index (χ2v) is 7.67. The molecule has 1 unspecified atom stereocenters. The fourth-order valence-electron chi connectivity index (χ4n) is 3.50. The van der Waals surface area contributed by atoms with Crippen molar-refractivity contribution in [3.8, 4) is 11.5 Å². The largest absolute Gasteiger partial charge is 0.497 e. The molecule has 8 heteroatoms. The van der Waals surface area contributed by atoms with Crippen LogP contribution < -0.4 is 9.47 Å². The van der Waals surface area contributed by atoms with Crippen LogP contribution in [0.1, 0.15) is 41.1 Å². The zero-order valence-corrected chi connectivity index (χ0v) is 18.3. The summed E-state index contributed by atoms with van der Waals surface area (Å²) in [4.78, 5) is 25.1. The number of ketones is 1. The maximum absolute atomic E-state index is 13.1. The molecule has 7 nitrogen and oxygen atoms in total. The maximum atomic E-state index is 13.1. The van der Waals surface area contributed by atoms with E-state index in [4.69, 9.17) is 25.5 Å². The lowest BCUT2D eigenvalue weighted by Gasteiger charge is -2.20. The van der Waals surface area contributed by atoms with Crippen LogP contribution in [0.3, 0.4) is 0 Å². The van der Waals surface area contributed by atoms with Gasteiger partial charge in [-0.15, -0.1) is 0 Å². The highest BCUT2D eigenvalue weighted by Crippen LogP contribution is 2.33. The number of rotatable bonds is 7. The lowest BCUT2D eigenvalue weighted by atomic mass is 10.0. The first kappa shape index (κ1) is 21.6. The van der Waals surface area contributed by atoms with E-state index >= 15 is 0 Å². The minimum absolute atomic E-state index is 0.191. The van der Waals surface area contributed by atoms with E-state index in [-0.39, 0.29) is 18.3 Å². The van der Waals surface area contributed by atoms with Gasteiger partial charge in [0.25, 0.3) is 5.91 Å². The molecule has 1 aromatic heterocycles. The van der Waals surface area contributed by atoms with E-state index in [0.717, 1.165) is 11.3 Å². The number of furan rings is 1. The monoisotopic (exact) mass is 452 g/mol. The van der Waals surface area contributed by atoms with E-state index in [1.54, 1.807) is 42.7 Å². The lowest BCUT2D eigenvalue weighted by molar-refractivity contribution is -0.135. The summed E-state index contributed by atoms with van der Waals surface area (Å²) in [5.41, 5.74) is 1.95. The van der Waals surface area contributed by atoms with Gasteiger partial charge >= 0.3 is 0 Å². The minimum atomic E-state index is -0.394. The quantitative estimate of drug-likeness (QED) is 0.476. The van der Waals surface area contributed by atoms with E-state index in [2.05, 4.69) is 5.10 Å². The van der Waals surface area contributed by atoms with Gasteiger partial charge in [0, 0.05) is 11.4 Å². The summed E-state index contributed by atoms with van der Waals surface area (Å²) in [5, 5.41) is 6.55. The van der Waals surface area contributed by atoms with Crippen molar-refractivity contribution in [2.75, 3.05) is 13.7 Å². The summed E-state index contributed by atoms with van der Waals surface area (Å²) in [7, 11) is 1.52. The molecule has 0 saturated heterocycles. The van der Waals surface area contributed by atoms with Crippen molar-refractivity contribution in [1.82, 2.24) is 5.01 Å². The predicted molar refractivity (Wildman–Crippen MR) is 119 cm³/mol. The van der Waals surface area contributed by atoms with Crippen molar-refractivity contribution in [3.63, 3.8) is 0 Å². The van der Waals surface area contributed by atoms with E-state index in [0.29, 0.717) is 34.3 Å². The molecule has 1 amide bonds. The average molecular weight is 453 g/mol.